The van der Waals surface area contributed by atoms with Crippen molar-refractivity contribution in [3.05, 3.63) is 89.6 Å². The number of hydrogen-bond donors (Lipinski definition) is 1. The Morgan fingerprint density at radius 3 is 2.55 bits per heavy atom. The van der Waals surface area contributed by atoms with Crippen LogP contribution >= 0.6 is 0 Å². The van der Waals surface area contributed by atoms with Gasteiger partial charge >= 0.3 is 0 Å². The maximum atomic E-state index is 13.2. The van der Waals surface area contributed by atoms with Gasteiger partial charge in [0, 0.05) is 25.2 Å². The number of aliphatic hydroxyl groups excluding tert-OH is 1. The molecule has 1 N–H and O–H groups in total. The molecule has 2 aromatic carbocycles. The molecule has 0 spiro atoms. The number of para-hydroxylation sites is 1. The van der Waals surface area contributed by atoms with Crippen LogP contribution in [0.5, 0.6) is 5.75 Å². The summed E-state index contributed by atoms with van der Waals surface area (Å²) in [7, 11) is 1.64. The van der Waals surface area contributed by atoms with Gasteiger partial charge in [-0.05, 0) is 35.9 Å². The molecule has 5 nitrogen and oxygen atoms in total. The SMILES string of the molecule is COc1ccccc1CN(Cc1ccc(F)cc1)CC(O)COCc1ccco1. The van der Waals surface area contributed by atoms with Gasteiger partial charge < -0.3 is 19.0 Å². The van der Waals surface area contributed by atoms with E-state index in [0.717, 1.165) is 22.6 Å². The van der Waals surface area contributed by atoms with E-state index in [9.17, 15) is 9.50 Å². The van der Waals surface area contributed by atoms with Crippen LogP contribution in [0.1, 0.15) is 16.9 Å². The molecule has 3 rings (SSSR count). The lowest BCUT2D eigenvalue weighted by atomic mass is 10.1. The first-order valence-corrected chi connectivity index (χ1v) is 9.51. The van der Waals surface area contributed by atoms with E-state index in [4.69, 9.17) is 13.9 Å². The minimum atomic E-state index is -0.680. The van der Waals surface area contributed by atoms with Crippen molar-refractivity contribution in [1.82, 2.24) is 4.90 Å². The maximum Gasteiger partial charge on any atom is 0.129 e. The zero-order chi connectivity index (χ0) is 20.5. The summed E-state index contributed by atoms with van der Waals surface area (Å²) in [5.41, 5.74) is 1.98. The van der Waals surface area contributed by atoms with Crippen molar-refractivity contribution in [2.75, 3.05) is 20.3 Å². The van der Waals surface area contributed by atoms with Crippen LogP contribution in [0.4, 0.5) is 4.39 Å². The summed E-state index contributed by atoms with van der Waals surface area (Å²) in [6.07, 6.45) is 0.910. The summed E-state index contributed by atoms with van der Waals surface area (Å²) in [6, 6.07) is 17.8. The van der Waals surface area contributed by atoms with E-state index in [-0.39, 0.29) is 12.4 Å². The molecular formula is C23H26FNO4. The van der Waals surface area contributed by atoms with E-state index >= 15 is 0 Å². The monoisotopic (exact) mass is 399 g/mol. The molecule has 1 aromatic heterocycles. The molecule has 1 unspecified atom stereocenters. The molecule has 29 heavy (non-hydrogen) atoms. The van der Waals surface area contributed by atoms with Gasteiger partial charge in [0.1, 0.15) is 23.9 Å². The van der Waals surface area contributed by atoms with Crippen molar-refractivity contribution in [2.45, 2.75) is 25.8 Å². The van der Waals surface area contributed by atoms with Crippen molar-refractivity contribution in [1.29, 1.82) is 0 Å². The first kappa shape index (κ1) is 21.0. The molecule has 0 fully saturated rings. The van der Waals surface area contributed by atoms with E-state index in [2.05, 4.69) is 4.90 Å². The molecular weight excluding hydrogens is 373 g/mol. The quantitative estimate of drug-likeness (QED) is 0.528. The number of halogens is 1. The van der Waals surface area contributed by atoms with Crippen LogP contribution in [0.25, 0.3) is 0 Å². The van der Waals surface area contributed by atoms with Crippen LogP contribution in [0.15, 0.2) is 71.3 Å². The Bertz CT molecular complexity index is 852. The fraction of sp³-hybridized carbons (Fsp3) is 0.304. The molecule has 6 heteroatoms. The molecule has 0 bridgehead atoms. The Labute approximate surface area is 170 Å². The van der Waals surface area contributed by atoms with Crippen LogP contribution in [0.3, 0.4) is 0 Å². The van der Waals surface area contributed by atoms with Gasteiger partial charge in [-0.3, -0.25) is 4.90 Å². The smallest absolute Gasteiger partial charge is 0.129 e. The first-order chi connectivity index (χ1) is 14.1. The minimum Gasteiger partial charge on any atom is -0.496 e. The largest absolute Gasteiger partial charge is 0.496 e. The Hall–Kier alpha value is -2.67. The number of methoxy groups -OCH3 is 1. The second kappa shape index (κ2) is 10.8. The third kappa shape index (κ3) is 6.71. The lowest BCUT2D eigenvalue weighted by Gasteiger charge is -2.26. The summed E-state index contributed by atoms with van der Waals surface area (Å²) >= 11 is 0. The van der Waals surface area contributed by atoms with Gasteiger partial charge in [-0.2, -0.15) is 0 Å². The van der Waals surface area contributed by atoms with Crippen LogP contribution in [-0.4, -0.2) is 36.4 Å². The lowest BCUT2D eigenvalue weighted by Crippen LogP contribution is -2.34. The minimum absolute atomic E-state index is 0.187. The maximum absolute atomic E-state index is 13.2. The van der Waals surface area contributed by atoms with E-state index in [1.165, 1.54) is 12.1 Å². The van der Waals surface area contributed by atoms with Gasteiger partial charge in [0.15, 0.2) is 0 Å². The third-order valence-corrected chi connectivity index (χ3v) is 4.51. The van der Waals surface area contributed by atoms with Crippen LogP contribution in [-0.2, 0) is 24.4 Å². The Morgan fingerprint density at radius 2 is 1.83 bits per heavy atom. The van der Waals surface area contributed by atoms with Gasteiger partial charge in [-0.1, -0.05) is 30.3 Å². The number of ether oxygens (including phenoxy) is 2. The number of furan rings is 1. The predicted octanol–water partition coefficient (Wildman–Crippen LogP) is 4.01. The van der Waals surface area contributed by atoms with Gasteiger partial charge in [0.25, 0.3) is 0 Å². The molecule has 1 heterocycles. The standard InChI is InChI=1S/C23H26FNO4/c1-27-23-7-3-2-5-19(23)14-25(13-18-8-10-20(24)11-9-18)15-21(26)16-28-17-22-6-4-12-29-22/h2-12,21,26H,13-17H2,1H3. The van der Waals surface area contributed by atoms with E-state index in [1.54, 1.807) is 31.6 Å². The summed E-state index contributed by atoms with van der Waals surface area (Å²) < 4.78 is 29.5. The first-order valence-electron chi connectivity index (χ1n) is 9.51. The molecule has 154 valence electrons. The number of aliphatic hydroxyl groups is 1. The highest BCUT2D eigenvalue weighted by molar-refractivity contribution is 5.33. The average Bonchev–Trinajstić information content (AvgIpc) is 3.23. The Balaban J connectivity index is 1.63. The molecule has 0 aliphatic heterocycles. The van der Waals surface area contributed by atoms with Crippen molar-refractivity contribution >= 4 is 0 Å². The van der Waals surface area contributed by atoms with E-state index in [1.807, 2.05) is 30.3 Å². The number of nitrogens with zero attached hydrogens (tertiary/aromatic N) is 1. The van der Waals surface area contributed by atoms with Gasteiger partial charge in [-0.15, -0.1) is 0 Å². The summed E-state index contributed by atoms with van der Waals surface area (Å²) in [6.45, 7) is 2.04. The molecule has 0 aliphatic carbocycles. The molecule has 0 amide bonds. The predicted molar refractivity (Wildman–Crippen MR) is 108 cm³/mol. The van der Waals surface area contributed by atoms with Crippen molar-refractivity contribution in [3.8, 4) is 5.75 Å². The molecule has 0 saturated carbocycles. The Morgan fingerprint density at radius 1 is 1.03 bits per heavy atom. The summed E-state index contributed by atoms with van der Waals surface area (Å²) in [5, 5.41) is 10.5. The average molecular weight is 399 g/mol. The third-order valence-electron chi connectivity index (χ3n) is 4.51. The second-order valence-corrected chi connectivity index (χ2v) is 6.86. The highest BCUT2D eigenvalue weighted by Crippen LogP contribution is 2.21. The van der Waals surface area contributed by atoms with Crippen molar-refractivity contribution < 1.29 is 23.4 Å². The zero-order valence-electron chi connectivity index (χ0n) is 16.5. The molecule has 1 atom stereocenters. The molecule has 0 aliphatic rings. The van der Waals surface area contributed by atoms with Crippen LogP contribution in [0.2, 0.25) is 0 Å². The highest BCUT2D eigenvalue weighted by Gasteiger charge is 2.15. The number of rotatable bonds is 11. The summed E-state index contributed by atoms with van der Waals surface area (Å²) in [4.78, 5) is 2.09. The number of hydrogen-bond acceptors (Lipinski definition) is 5. The van der Waals surface area contributed by atoms with Crippen LogP contribution in [0, 0.1) is 5.82 Å². The molecule has 0 saturated heterocycles. The fourth-order valence-corrected chi connectivity index (χ4v) is 3.15. The lowest BCUT2D eigenvalue weighted by molar-refractivity contribution is 0.00243. The highest BCUT2D eigenvalue weighted by atomic mass is 19.1. The van der Waals surface area contributed by atoms with Gasteiger partial charge in [0.05, 0.1) is 26.1 Å². The second-order valence-electron chi connectivity index (χ2n) is 6.86. The molecule has 0 radical (unpaired) electrons. The zero-order valence-corrected chi connectivity index (χ0v) is 16.5. The van der Waals surface area contributed by atoms with E-state index in [0.29, 0.717) is 26.2 Å². The van der Waals surface area contributed by atoms with Crippen molar-refractivity contribution in [3.63, 3.8) is 0 Å². The van der Waals surface area contributed by atoms with E-state index < -0.39 is 6.10 Å². The van der Waals surface area contributed by atoms with Gasteiger partial charge in [0.2, 0.25) is 0 Å². The topological polar surface area (TPSA) is 55.1 Å². The van der Waals surface area contributed by atoms with Crippen LogP contribution < -0.4 is 4.74 Å². The summed E-state index contributed by atoms with van der Waals surface area (Å²) in [5.74, 6) is 1.24. The fourth-order valence-electron chi connectivity index (χ4n) is 3.15. The van der Waals surface area contributed by atoms with Gasteiger partial charge in [-0.25, -0.2) is 4.39 Å². The Kier molecular flexibility index (Phi) is 7.81. The normalized spacial score (nSPS) is 12.3. The molecule has 3 aromatic rings. The number of benzene rings is 2. The van der Waals surface area contributed by atoms with Crippen molar-refractivity contribution in [2.24, 2.45) is 0 Å².